The molecule has 0 fully saturated rings. The van der Waals surface area contributed by atoms with Gasteiger partial charge in [0.15, 0.2) is 11.5 Å². The number of hydrogen-bond donors (Lipinski definition) is 3. The van der Waals surface area contributed by atoms with Gasteiger partial charge in [-0.1, -0.05) is 17.7 Å². The summed E-state index contributed by atoms with van der Waals surface area (Å²) in [5, 5.41) is 14.2. The minimum absolute atomic E-state index is 0.0241. The van der Waals surface area contributed by atoms with E-state index in [1.54, 1.807) is 14.2 Å². The molecule has 234 valence electrons. The lowest BCUT2D eigenvalue weighted by atomic mass is 9.98. The molecule has 0 amide bonds. The van der Waals surface area contributed by atoms with Crippen molar-refractivity contribution in [3.05, 3.63) is 81.1 Å². The number of carbonyl (C=O) groups is 1. The Labute approximate surface area is 261 Å². The number of Topliss-reactive ketones (excluding diaryl/α,β-unsaturated/α-hetero) is 1. The normalized spacial score (nSPS) is 11.6. The highest BCUT2D eigenvalue weighted by Crippen LogP contribution is 2.42. The van der Waals surface area contributed by atoms with Gasteiger partial charge in [-0.3, -0.25) is 9.59 Å². The molecule has 3 aromatic carbocycles. The zero-order valence-corrected chi connectivity index (χ0v) is 25.7. The Balaban J connectivity index is 1.38. The van der Waals surface area contributed by atoms with E-state index < -0.39 is 17.3 Å². The largest absolute Gasteiger partial charge is 0.507 e. The first-order chi connectivity index (χ1) is 21.0. The molecule has 4 rings (SSSR count). The Hall–Kier alpha value is -3.67. The number of benzene rings is 3. The van der Waals surface area contributed by atoms with Gasteiger partial charge in [0.05, 0.1) is 30.4 Å². The molecule has 1 aromatic heterocycles. The molecule has 0 unspecified atom stereocenters. The van der Waals surface area contributed by atoms with Gasteiger partial charge in [0.2, 0.25) is 0 Å². The summed E-state index contributed by atoms with van der Waals surface area (Å²) in [7, 11) is 3.19. The average Bonchev–Trinajstić information content (AvgIpc) is 2.99. The van der Waals surface area contributed by atoms with Crippen molar-refractivity contribution in [3.63, 3.8) is 0 Å². The lowest BCUT2D eigenvalue weighted by molar-refractivity contribution is -0.137. The van der Waals surface area contributed by atoms with Crippen molar-refractivity contribution in [2.24, 2.45) is 0 Å². The molecule has 0 spiro atoms. The van der Waals surface area contributed by atoms with Crippen LogP contribution in [0.1, 0.15) is 30.4 Å². The highest BCUT2D eigenvalue weighted by atomic mass is 35.5. The maximum atomic E-state index is 13.6. The minimum Gasteiger partial charge on any atom is -0.507 e. The second-order valence-electron chi connectivity index (χ2n) is 10.1. The number of halogens is 4. The van der Waals surface area contributed by atoms with E-state index in [9.17, 15) is 27.9 Å². The molecule has 4 aromatic rings. The van der Waals surface area contributed by atoms with Crippen molar-refractivity contribution >= 4 is 40.0 Å². The zero-order chi connectivity index (χ0) is 31.9. The van der Waals surface area contributed by atoms with Gasteiger partial charge in [-0.25, -0.2) is 0 Å². The molecule has 0 saturated heterocycles. The second kappa shape index (κ2) is 14.9. The Morgan fingerprint density at radius 3 is 2.48 bits per heavy atom. The fourth-order valence-electron chi connectivity index (χ4n) is 4.78. The van der Waals surface area contributed by atoms with Crippen LogP contribution in [-0.4, -0.2) is 48.9 Å². The number of ketones is 1. The smallest absolute Gasteiger partial charge is 0.416 e. The molecule has 7 nitrogen and oxygen atoms in total. The second-order valence-corrected chi connectivity index (χ2v) is 11.5. The number of aryl methyl sites for hydroxylation is 1. The van der Waals surface area contributed by atoms with Crippen molar-refractivity contribution in [2.75, 3.05) is 33.1 Å². The molecule has 44 heavy (non-hydrogen) atoms. The first-order valence-electron chi connectivity index (χ1n) is 13.8. The summed E-state index contributed by atoms with van der Waals surface area (Å²) in [5.41, 5.74) is -0.0294. The molecule has 0 saturated carbocycles. The van der Waals surface area contributed by atoms with E-state index in [4.69, 9.17) is 21.1 Å². The van der Waals surface area contributed by atoms with Crippen molar-refractivity contribution in [2.45, 2.75) is 36.8 Å². The molecule has 0 atom stereocenters. The average molecular weight is 649 g/mol. The van der Waals surface area contributed by atoms with E-state index in [0.717, 1.165) is 48.8 Å². The molecule has 12 heteroatoms. The Morgan fingerprint density at radius 2 is 1.75 bits per heavy atom. The molecule has 0 aliphatic carbocycles. The Morgan fingerprint density at radius 1 is 1.00 bits per heavy atom. The number of fused-ring (bicyclic) bond motifs is 1. The summed E-state index contributed by atoms with van der Waals surface area (Å²) in [5.74, 6) is 0.914. The fraction of sp³-hybridized carbons (Fsp3) is 0.312. The summed E-state index contributed by atoms with van der Waals surface area (Å²) in [6.07, 6.45) is -2.05. The van der Waals surface area contributed by atoms with Gasteiger partial charge in [0, 0.05) is 33.5 Å². The number of pyridine rings is 1. The number of aromatic amines is 1. The number of ether oxygens (including phenoxy) is 2. The van der Waals surface area contributed by atoms with Gasteiger partial charge >= 0.3 is 6.18 Å². The lowest BCUT2D eigenvalue weighted by Crippen LogP contribution is -2.18. The van der Waals surface area contributed by atoms with Crippen LogP contribution in [0.25, 0.3) is 22.0 Å². The van der Waals surface area contributed by atoms with Gasteiger partial charge in [-0.05, 0) is 86.4 Å². The SMILES string of the molecule is COc1ccc(CCCNCCCC(=O)CSc2c(-c3cc(Cl)ccc3O)c3cc(C(F)(F)F)ccc3[nH]c2=O)cc1OC. The van der Waals surface area contributed by atoms with Gasteiger partial charge in [0.25, 0.3) is 5.56 Å². The number of nitrogens with one attached hydrogen (secondary N) is 2. The monoisotopic (exact) mass is 648 g/mol. The number of aromatic nitrogens is 1. The zero-order valence-electron chi connectivity index (χ0n) is 24.1. The number of phenols is 1. The molecule has 0 aliphatic rings. The molecule has 0 radical (unpaired) electrons. The Kier molecular flexibility index (Phi) is 11.2. The van der Waals surface area contributed by atoms with Crippen molar-refractivity contribution < 1.29 is 32.5 Å². The lowest BCUT2D eigenvalue weighted by Gasteiger charge is -2.16. The van der Waals surface area contributed by atoms with Gasteiger partial charge in [-0.2, -0.15) is 13.2 Å². The molecule has 0 bridgehead atoms. The summed E-state index contributed by atoms with van der Waals surface area (Å²) in [4.78, 5) is 28.5. The molecular weight excluding hydrogens is 617 g/mol. The van der Waals surface area contributed by atoms with Crippen LogP contribution in [0.4, 0.5) is 13.2 Å². The number of hydrogen-bond acceptors (Lipinski definition) is 7. The predicted molar refractivity (Wildman–Crippen MR) is 167 cm³/mol. The molecule has 0 aliphatic heterocycles. The third kappa shape index (κ3) is 8.28. The number of thioether (sulfide) groups is 1. The third-order valence-electron chi connectivity index (χ3n) is 6.98. The summed E-state index contributed by atoms with van der Waals surface area (Å²) in [6.45, 7) is 1.39. The van der Waals surface area contributed by atoms with Crippen molar-refractivity contribution in [3.8, 4) is 28.4 Å². The topological polar surface area (TPSA) is 101 Å². The summed E-state index contributed by atoms with van der Waals surface area (Å²) < 4.78 is 51.3. The van der Waals surface area contributed by atoms with E-state index in [1.807, 2.05) is 18.2 Å². The fourth-order valence-corrected chi connectivity index (χ4v) is 5.95. The molecule has 3 N–H and O–H groups in total. The number of alkyl halides is 3. The van der Waals surface area contributed by atoms with Crippen LogP contribution in [0, 0.1) is 0 Å². The van der Waals surface area contributed by atoms with Crippen molar-refractivity contribution in [1.29, 1.82) is 0 Å². The highest BCUT2D eigenvalue weighted by molar-refractivity contribution is 8.00. The minimum atomic E-state index is -4.63. The maximum Gasteiger partial charge on any atom is 0.416 e. The number of rotatable bonds is 14. The summed E-state index contributed by atoms with van der Waals surface area (Å²) >= 11 is 7.07. The van der Waals surface area contributed by atoms with Crippen LogP contribution in [0.3, 0.4) is 0 Å². The van der Waals surface area contributed by atoms with Gasteiger partial charge in [-0.15, -0.1) is 11.8 Å². The van der Waals surface area contributed by atoms with E-state index >= 15 is 0 Å². The number of carbonyl (C=O) groups excluding carboxylic acids is 1. The van der Waals surface area contributed by atoms with E-state index in [1.165, 1.54) is 24.3 Å². The summed E-state index contributed by atoms with van der Waals surface area (Å²) in [6, 6.07) is 12.9. The van der Waals surface area contributed by atoms with E-state index in [2.05, 4.69) is 10.3 Å². The third-order valence-corrected chi connectivity index (χ3v) is 8.36. The van der Waals surface area contributed by atoms with Crippen molar-refractivity contribution in [1.82, 2.24) is 10.3 Å². The van der Waals surface area contributed by atoms with Gasteiger partial charge in [0.1, 0.15) is 11.5 Å². The van der Waals surface area contributed by atoms with E-state index in [-0.39, 0.29) is 55.7 Å². The standard InChI is InChI=1S/C32H32ClF3N2O5S/c1-42-27-12-7-19(15-28(27)43-2)5-3-13-37-14-4-6-22(39)18-44-30-29(24-17-21(33)9-11-26(24)40)23-16-20(32(34,35)36)8-10-25(23)38-31(30)41/h7-12,15-17,37,40H,3-6,13-14,18H2,1-2H3,(H,38,41). The van der Waals surface area contributed by atoms with Crippen LogP contribution < -0.4 is 20.3 Å². The molecule has 1 heterocycles. The Bertz CT molecular complexity index is 1690. The first kappa shape index (κ1) is 33.2. The molecular formula is C32H32ClF3N2O5S. The van der Waals surface area contributed by atoms with Crippen LogP contribution in [0.15, 0.2) is 64.3 Å². The van der Waals surface area contributed by atoms with Crippen LogP contribution in [0.2, 0.25) is 5.02 Å². The highest BCUT2D eigenvalue weighted by Gasteiger charge is 2.31. The maximum absolute atomic E-state index is 13.6. The first-order valence-corrected chi connectivity index (χ1v) is 15.2. The number of phenolic OH excluding ortho intramolecular Hbond substituents is 1. The van der Waals surface area contributed by atoms with Crippen LogP contribution in [-0.2, 0) is 17.4 Å². The van der Waals surface area contributed by atoms with Crippen LogP contribution in [0.5, 0.6) is 17.2 Å². The quantitative estimate of drug-likeness (QED) is 0.0978. The van der Waals surface area contributed by atoms with E-state index in [0.29, 0.717) is 24.5 Å². The van der Waals surface area contributed by atoms with Crippen LogP contribution >= 0.6 is 23.4 Å². The number of methoxy groups -OCH3 is 2. The number of H-pyrrole nitrogens is 1. The predicted octanol–water partition coefficient (Wildman–Crippen LogP) is 7.25. The number of aromatic hydroxyl groups is 1. The van der Waals surface area contributed by atoms with Gasteiger partial charge < -0.3 is 24.9 Å².